The maximum absolute atomic E-state index is 12.8. The highest BCUT2D eigenvalue weighted by atomic mass is 32.2. The molecule has 2 N–H and O–H groups in total. The molecule has 0 unspecified atom stereocenters. The summed E-state index contributed by atoms with van der Waals surface area (Å²) >= 11 is 1.71. The Labute approximate surface area is 146 Å². The fourth-order valence-electron chi connectivity index (χ4n) is 2.90. The molecule has 0 radical (unpaired) electrons. The van der Waals surface area contributed by atoms with Gasteiger partial charge in [0.2, 0.25) is 5.91 Å². The van der Waals surface area contributed by atoms with E-state index in [1.54, 1.807) is 16.7 Å². The number of hydrogen-bond donors (Lipinski definition) is 2. The molecule has 134 valence electrons. The maximum atomic E-state index is 12.8. The van der Waals surface area contributed by atoms with Crippen LogP contribution < -0.4 is 10.6 Å². The van der Waals surface area contributed by atoms with Gasteiger partial charge in [-0.25, -0.2) is 4.98 Å². The van der Waals surface area contributed by atoms with Crippen LogP contribution in [0, 0.1) is 11.3 Å². The minimum absolute atomic E-state index is 0.0485. The molecule has 10 heteroatoms. The Morgan fingerprint density at radius 3 is 2.92 bits per heavy atom. The van der Waals surface area contributed by atoms with Crippen LogP contribution in [0.3, 0.4) is 0 Å². The highest BCUT2D eigenvalue weighted by molar-refractivity contribution is 7.99. The summed E-state index contributed by atoms with van der Waals surface area (Å²) in [7, 11) is 0. The number of aromatic nitrogens is 1. The third kappa shape index (κ3) is 3.99. The van der Waals surface area contributed by atoms with Crippen molar-refractivity contribution in [1.82, 2.24) is 15.2 Å². The molecular weight excluding hydrogens is 355 g/mol. The van der Waals surface area contributed by atoms with E-state index in [-0.39, 0.29) is 23.8 Å². The van der Waals surface area contributed by atoms with E-state index in [0.717, 1.165) is 18.4 Å². The number of nitrogens with zero attached hydrogens (tertiary/aromatic N) is 3. The molecule has 2 saturated heterocycles. The van der Waals surface area contributed by atoms with Crippen molar-refractivity contribution in [3.8, 4) is 6.07 Å². The van der Waals surface area contributed by atoms with Crippen molar-refractivity contribution in [2.75, 3.05) is 30.0 Å². The van der Waals surface area contributed by atoms with E-state index in [1.807, 2.05) is 0 Å². The number of nitrogens with one attached hydrogen (secondary N) is 2. The lowest BCUT2D eigenvalue weighted by molar-refractivity contribution is -0.138. The van der Waals surface area contributed by atoms with Gasteiger partial charge in [0.25, 0.3) is 0 Å². The predicted molar refractivity (Wildman–Crippen MR) is 86.8 cm³/mol. The minimum atomic E-state index is -4.61. The van der Waals surface area contributed by atoms with Crippen LogP contribution in [0.5, 0.6) is 0 Å². The summed E-state index contributed by atoms with van der Waals surface area (Å²) in [6, 6.07) is 3.09. The van der Waals surface area contributed by atoms with Gasteiger partial charge < -0.3 is 15.5 Å². The fraction of sp³-hybridized carbons (Fsp3) is 0.533. The Balaban J connectivity index is 1.63. The van der Waals surface area contributed by atoms with Crippen molar-refractivity contribution >= 4 is 23.5 Å². The Morgan fingerprint density at radius 2 is 2.28 bits per heavy atom. The second kappa shape index (κ2) is 7.09. The third-order valence-electron chi connectivity index (χ3n) is 4.15. The Kier molecular flexibility index (Phi) is 5.06. The Morgan fingerprint density at radius 1 is 1.48 bits per heavy atom. The van der Waals surface area contributed by atoms with Gasteiger partial charge in [-0.05, 0) is 18.6 Å². The van der Waals surface area contributed by atoms with E-state index in [0.29, 0.717) is 18.8 Å². The van der Waals surface area contributed by atoms with Gasteiger partial charge in [0.15, 0.2) is 5.69 Å². The predicted octanol–water partition coefficient (Wildman–Crippen LogP) is 1.65. The largest absolute Gasteiger partial charge is 0.419 e. The van der Waals surface area contributed by atoms with Gasteiger partial charge in [0.1, 0.15) is 11.9 Å². The third-order valence-corrected chi connectivity index (χ3v) is 5.12. The van der Waals surface area contributed by atoms with E-state index in [1.165, 1.54) is 12.1 Å². The molecule has 0 bridgehead atoms. The maximum Gasteiger partial charge on any atom is 0.419 e. The Hall–Kier alpha value is -1.99. The van der Waals surface area contributed by atoms with Crippen LogP contribution in [-0.4, -0.2) is 52.6 Å². The van der Waals surface area contributed by atoms with Gasteiger partial charge in [-0.3, -0.25) is 4.79 Å². The molecule has 1 aromatic rings. The first kappa shape index (κ1) is 17.8. The van der Waals surface area contributed by atoms with Gasteiger partial charge in [-0.2, -0.15) is 18.4 Å². The number of carbonyl (C=O) groups is 1. The summed E-state index contributed by atoms with van der Waals surface area (Å²) in [5.74, 6) is 1.88. The molecule has 1 amide bonds. The molecule has 0 aromatic carbocycles. The molecule has 25 heavy (non-hydrogen) atoms. The first-order valence-electron chi connectivity index (χ1n) is 7.73. The van der Waals surface area contributed by atoms with Crippen LogP contribution >= 0.6 is 11.8 Å². The minimum Gasteiger partial charge on any atom is -0.366 e. The van der Waals surface area contributed by atoms with Crippen molar-refractivity contribution in [1.29, 1.82) is 5.26 Å². The summed E-state index contributed by atoms with van der Waals surface area (Å²) in [4.78, 5) is 17.9. The lowest BCUT2D eigenvalue weighted by Crippen LogP contribution is -2.42. The number of thioether (sulfide) groups is 1. The first-order chi connectivity index (χ1) is 11.9. The number of rotatable bonds is 3. The van der Waals surface area contributed by atoms with Crippen LogP contribution in [0.25, 0.3) is 0 Å². The fourth-order valence-corrected chi connectivity index (χ4v) is 3.86. The number of nitriles is 1. The average molecular weight is 371 g/mol. The van der Waals surface area contributed by atoms with Crippen molar-refractivity contribution in [2.45, 2.75) is 24.7 Å². The number of anilines is 1. The summed E-state index contributed by atoms with van der Waals surface area (Å²) in [6.45, 7) is 1.24. The van der Waals surface area contributed by atoms with Gasteiger partial charge in [0, 0.05) is 24.9 Å². The van der Waals surface area contributed by atoms with Crippen LogP contribution in [0.1, 0.15) is 17.7 Å². The zero-order valence-corrected chi connectivity index (χ0v) is 14.0. The molecule has 6 nitrogen and oxygen atoms in total. The summed E-state index contributed by atoms with van der Waals surface area (Å²) in [6.07, 6.45) is -4.10. The molecule has 2 aliphatic heterocycles. The van der Waals surface area contributed by atoms with E-state index < -0.39 is 17.4 Å². The molecular formula is C15H16F3N5OS. The zero-order valence-electron chi connectivity index (χ0n) is 13.1. The molecule has 3 heterocycles. The van der Waals surface area contributed by atoms with Crippen LogP contribution in [0.4, 0.5) is 19.0 Å². The number of amides is 1. The van der Waals surface area contributed by atoms with Gasteiger partial charge in [-0.15, -0.1) is 11.8 Å². The van der Waals surface area contributed by atoms with Crippen LogP contribution in [0.15, 0.2) is 12.1 Å². The molecule has 2 atom stereocenters. The van der Waals surface area contributed by atoms with Gasteiger partial charge in [0.05, 0.1) is 17.5 Å². The molecule has 2 aliphatic rings. The van der Waals surface area contributed by atoms with Crippen LogP contribution in [-0.2, 0) is 11.0 Å². The van der Waals surface area contributed by atoms with Crippen molar-refractivity contribution in [3.63, 3.8) is 0 Å². The number of halogens is 3. The zero-order chi connectivity index (χ0) is 18.0. The SMILES string of the molecule is N#Cc1nc(N[C@@H]2CN[C@H](C(=O)N3CCSC3)C2)ccc1C(F)(F)F. The quantitative estimate of drug-likeness (QED) is 0.841. The van der Waals surface area contributed by atoms with Gasteiger partial charge >= 0.3 is 6.18 Å². The first-order valence-corrected chi connectivity index (χ1v) is 8.89. The summed E-state index contributed by atoms with van der Waals surface area (Å²) in [5.41, 5.74) is -1.71. The van der Waals surface area contributed by atoms with Crippen LogP contribution in [0.2, 0.25) is 0 Å². The lowest BCUT2D eigenvalue weighted by Gasteiger charge is -2.19. The second-order valence-electron chi connectivity index (χ2n) is 5.88. The number of hydrogen-bond acceptors (Lipinski definition) is 6. The van der Waals surface area contributed by atoms with E-state index in [2.05, 4.69) is 15.6 Å². The molecule has 0 spiro atoms. The van der Waals surface area contributed by atoms with E-state index in [9.17, 15) is 18.0 Å². The standard InChI is InChI=1S/C15H16F3N5OS/c16-15(17,18)10-1-2-13(22-12(10)6-19)21-9-5-11(20-7-9)14(24)23-3-4-25-8-23/h1-2,9,11,20H,3-5,7-8H2,(H,21,22)/t9-,11-/m0/s1. The van der Waals surface area contributed by atoms with Gasteiger partial charge in [-0.1, -0.05) is 0 Å². The smallest absolute Gasteiger partial charge is 0.366 e. The van der Waals surface area contributed by atoms with Crippen molar-refractivity contribution < 1.29 is 18.0 Å². The van der Waals surface area contributed by atoms with E-state index >= 15 is 0 Å². The van der Waals surface area contributed by atoms with E-state index in [4.69, 9.17) is 5.26 Å². The topological polar surface area (TPSA) is 81.0 Å². The Bertz CT molecular complexity index is 699. The highest BCUT2D eigenvalue weighted by Crippen LogP contribution is 2.32. The molecule has 0 saturated carbocycles. The van der Waals surface area contributed by atoms with Crippen molar-refractivity contribution in [3.05, 3.63) is 23.4 Å². The average Bonchev–Trinajstić information content (AvgIpc) is 3.25. The second-order valence-corrected chi connectivity index (χ2v) is 6.95. The molecule has 1 aromatic heterocycles. The number of pyridine rings is 1. The summed E-state index contributed by atoms with van der Waals surface area (Å²) < 4.78 is 38.4. The molecule has 3 rings (SSSR count). The molecule has 0 aliphatic carbocycles. The molecule has 2 fully saturated rings. The monoisotopic (exact) mass is 371 g/mol. The normalized spacial score (nSPS) is 23.5. The highest BCUT2D eigenvalue weighted by Gasteiger charge is 2.36. The van der Waals surface area contributed by atoms with Crippen molar-refractivity contribution in [2.24, 2.45) is 0 Å². The lowest BCUT2D eigenvalue weighted by atomic mass is 10.1. The number of carbonyl (C=O) groups excluding carboxylic acids is 1. The summed E-state index contributed by atoms with van der Waals surface area (Å²) in [5, 5.41) is 15.0. The number of alkyl halides is 3.